The SMILES string of the molecule is CCOC(=O)c1cc(N)c(CC(O)c2ccccc2)cc1OC. The Kier molecular flexibility index (Phi) is 5.60. The second-order valence-electron chi connectivity index (χ2n) is 5.10. The van der Waals surface area contributed by atoms with Crippen molar-refractivity contribution < 1.29 is 19.4 Å². The van der Waals surface area contributed by atoms with E-state index in [1.807, 2.05) is 30.3 Å². The molecule has 0 fully saturated rings. The van der Waals surface area contributed by atoms with Gasteiger partial charge in [0.15, 0.2) is 0 Å². The zero-order chi connectivity index (χ0) is 16.8. The van der Waals surface area contributed by atoms with Gasteiger partial charge < -0.3 is 20.3 Å². The van der Waals surface area contributed by atoms with Gasteiger partial charge in [-0.2, -0.15) is 0 Å². The lowest BCUT2D eigenvalue weighted by molar-refractivity contribution is 0.0523. The summed E-state index contributed by atoms with van der Waals surface area (Å²) in [6.07, 6.45) is -0.355. The highest BCUT2D eigenvalue weighted by Gasteiger charge is 2.18. The minimum absolute atomic E-state index is 0.274. The Morgan fingerprint density at radius 2 is 1.96 bits per heavy atom. The van der Waals surface area contributed by atoms with Crippen molar-refractivity contribution >= 4 is 11.7 Å². The van der Waals surface area contributed by atoms with Crippen LogP contribution in [0.2, 0.25) is 0 Å². The Bertz CT molecular complexity index is 670. The summed E-state index contributed by atoms with van der Waals surface area (Å²) in [4.78, 5) is 11.9. The number of rotatable bonds is 6. The van der Waals surface area contributed by atoms with Gasteiger partial charge in [-0.25, -0.2) is 4.79 Å². The van der Waals surface area contributed by atoms with Gasteiger partial charge >= 0.3 is 5.97 Å². The van der Waals surface area contributed by atoms with Crippen LogP contribution in [0, 0.1) is 0 Å². The molecule has 0 amide bonds. The lowest BCUT2D eigenvalue weighted by Crippen LogP contribution is -2.10. The normalized spacial score (nSPS) is 11.8. The first kappa shape index (κ1) is 16.8. The highest BCUT2D eigenvalue weighted by molar-refractivity contribution is 5.94. The van der Waals surface area contributed by atoms with Gasteiger partial charge in [0.05, 0.1) is 19.8 Å². The molecule has 23 heavy (non-hydrogen) atoms. The van der Waals surface area contributed by atoms with Gasteiger partial charge in [0, 0.05) is 12.1 Å². The molecule has 5 nitrogen and oxygen atoms in total. The average molecular weight is 315 g/mol. The summed E-state index contributed by atoms with van der Waals surface area (Å²) in [6.45, 7) is 2.01. The van der Waals surface area contributed by atoms with Gasteiger partial charge in [-0.05, 0) is 30.2 Å². The summed E-state index contributed by atoms with van der Waals surface area (Å²) in [5, 5.41) is 10.3. The molecular weight excluding hydrogens is 294 g/mol. The zero-order valence-electron chi connectivity index (χ0n) is 13.3. The van der Waals surface area contributed by atoms with E-state index in [9.17, 15) is 9.90 Å². The summed E-state index contributed by atoms with van der Waals surface area (Å²) in [7, 11) is 1.48. The summed E-state index contributed by atoms with van der Waals surface area (Å²) < 4.78 is 10.2. The number of carbonyl (C=O) groups excluding carboxylic acids is 1. The molecule has 2 aromatic rings. The van der Waals surface area contributed by atoms with Crippen LogP contribution in [-0.4, -0.2) is 24.8 Å². The maximum absolute atomic E-state index is 11.9. The number of hydrogen-bond acceptors (Lipinski definition) is 5. The molecule has 122 valence electrons. The Balaban J connectivity index is 2.28. The number of aliphatic hydroxyl groups excluding tert-OH is 1. The van der Waals surface area contributed by atoms with Crippen molar-refractivity contribution in [3.8, 4) is 5.75 Å². The standard InChI is InChI=1S/C18H21NO4/c1-3-23-18(21)14-11-15(19)13(10-17(14)22-2)9-16(20)12-7-5-4-6-8-12/h4-8,10-11,16,20H,3,9,19H2,1-2H3. The number of ether oxygens (including phenoxy) is 2. The summed E-state index contributed by atoms with van der Waals surface area (Å²) in [6, 6.07) is 12.5. The van der Waals surface area contributed by atoms with Crippen LogP contribution in [0.25, 0.3) is 0 Å². The molecule has 0 saturated heterocycles. The molecule has 0 aliphatic rings. The van der Waals surface area contributed by atoms with Crippen LogP contribution in [0.1, 0.15) is 34.5 Å². The minimum atomic E-state index is -0.684. The molecule has 3 N–H and O–H groups in total. The molecule has 0 spiro atoms. The molecule has 2 rings (SSSR count). The van der Waals surface area contributed by atoms with E-state index in [1.54, 1.807) is 13.0 Å². The monoisotopic (exact) mass is 315 g/mol. The van der Waals surface area contributed by atoms with Crippen molar-refractivity contribution in [2.24, 2.45) is 0 Å². The quantitative estimate of drug-likeness (QED) is 0.633. The topological polar surface area (TPSA) is 81.8 Å². The van der Waals surface area contributed by atoms with Gasteiger partial charge in [-0.15, -0.1) is 0 Å². The van der Waals surface area contributed by atoms with Crippen LogP contribution in [0.15, 0.2) is 42.5 Å². The smallest absolute Gasteiger partial charge is 0.341 e. The summed E-state index contributed by atoms with van der Waals surface area (Å²) in [5.41, 5.74) is 8.25. The first-order chi connectivity index (χ1) is 11.1. The number of anilines is 1. The van der Waals surface area contributed by atoms with E-state index in [1.165, 1.54) is 13.2 Å². The van der Waals surface area contributed by atoms with Gasteiger partial charge in [0.2, 0.25) is 0 Å². The Labute approximate surface area is 135 Å². The van der Waals surface area contributed by atoms with Crippen molar-refractivity contribution in [1.29, 1.82) is 0 Å². The van der Waals surface area contributed by atoms with Crippen molar-refractivity contribution in [2.45, 2.75) is 19.4 Å². The third-order valence-electron chi connectivity index (χ3n) is 3.55. The van der Waals surface area contributed by atoms with E-state index in [4.69, 9.17) is 15.2 Å². The number of benzene rings is 2. The number of hydrogen-bond donors (Lipinski definition) is 2. The third kappa shape index (κ3) is 4.02. The highest BCUT2D eigenvalue weighted by Crippen LogP contribution is 2.29. The van der Waals surface area contributed by atoms with Crippen LogP contribution >= 0.6 is 0 Å². The van der Waals surface area contributed by atoms with Crippen LogP contribution in [0.5, 0.6) is 5.75 Å². The van der Waals surface area contributed by atoms with E-state index < -0.39 is 12.1 Å². The van der Waals surface area contributed by atoms with Crippen molar-refractivity contribution in [1.82, 2.24) is 0 Å². The van der Waals surface area contributed by atoms with Crippen molar-refractivity contribution in [3.63, 3.8) is 0 Å². The number of nitrogens with two attached hydrogens (primary N) is 1. The first-order valence-electron chi connectivity index (χ1n) is 7.43. The molecule has 1 unspecified atom stereocenters. The predicted molar refractivity (Wildman–Crippen MR) is 88.5 cm³/mol. The molecule has 2 aromatic carbocycles. The fourth-order valence-electron chi connectivity index (χ4n) is 2.35. The van der Waals surface area contributed by atoms with E-state index in [0.29, 0.717) is 23.4 Å². The fraction of sp³-hybridized carbons (Fsp3) is 0.278. The third-order valence-corrected chi connectivity index (χ3v) is 3.55. The summed E-state index contributed by atoms with van der Waals surface area (Å²) in [5.74, 6) is -0.0980. The maximum Gasteiger partial charge on any atom is 0.341 e. The van der Waals surface area contributed by atoms with Gasteiger partial charge in [-0.1, -0.05) is 30.3 Å². The lowest BCUT2D eigenvalue weighted by Gasteiger charge is -2.16. The second-order valence-corrected chi connectivity index (χ2v) is 5.10. The van der Waals surface area contributed by atoms with E-state index in [0.717, 1.165) is 5.56 Å². The van der Waals surface area contributed by atoms with E-state index in [-0.39, 0.29) is 12.2 Å². The Morgan fingerprint density at radius 1 is 1.26 bits per heavy atom. The van der Waals surface area contributed by atoms with Crippen LogP contribution in [-0.2, 0) is 11.2 Å². The molecule has 0 bridgehead atoms. The molecule has 1 atom stereocenters. The molecule has 0 heterocycles. The molecule has 5 heteroatoms. The second kappa shape index (κ2) is 7.65. The van der Waals surface area contributed by atoms with Gasteiger partial charge in [-0.3, -0.25) is 0 Å². The zero-order valence-corrected chi connectivity index (χ0v) is 13.3. The number of carbonyl (C=O) groups is 1. The van der Waals surface area contributed by atoms with Crippen LogP contribution in [0.3, 0.4) is 0 Å². The summed E-state index contributed by atoms with van der Waals surface area (Å²) >= 11 is 0. The number of aliphatic hydroxyl groups is 1. The largest absolute Gasteiger partial charge is 0.496 e. The molecule has 0 aromatic heterocycles. The van der Waals surface area contributed by atoms with Gasteiger partial charge in [0.25, 0.3) is 0 Å². The lowest BCUT2D eigenvalue weighted by atomic mass is 9.98. The van der Waals surface area contributed by atoms with E-state index in [2.05, 4.69) is 0 Å². The highest BCUT2D eigenvalue weighted by atomic mass is 16.5. The molecule has 0 aliphatic carbocycles. The Morgan fingerprint density at radius 3 is 2.57 bits per heavy atom. The van der Waals surface area contributed by atoms with Gasteiger partial charge in [0.1, 0.15) is 11.3 Å². The fourth-order valence-corrected chi connectivity index (χ4v) is 2.35. The molecule has 0 radical (unpaired) electrons. The molecule has 0 saturated carbocycles. The van der Waals surface area contributed by atoms with E-state index >= 15 is 0 Å². The van der Waals surface area contributed by atoms with Crippen molar-refractivity contribution in [2.75, 3.05) is 19.5 Å². The average Bonchev–Trinajstić information content (AvgIpc) is 2.57. The van der Waals surface area contributed by atoms with Crippen molar-refractivity contribution in [3.05, 3.63) is 59.2 Å². The molecule has 0 aliphatic heterocycles. The van der Waals surface area contributed by atoms with Crippen LogP contribution < -0.4 is 10.5 Å². The van der Waals surface area contributed by atoms with Crippen LogP contribution in [0.4, 0.5) is 5.69 Å². The number of nitrogen functional groups attached to an aromatic ring is 1. The number of esters is 1. The number of methoxy groups -OCH3 is 1. The molecular formula is C18H21NO4. The Hall–Kier alpha value is -2.53. The predicted octanol–water partition coefficient (Wildman–Crippen LogP) is 2.73. The maximum atomic E-state index is 11.9. The minimum Gasteiger partial charge on any atom is -0.496 e. The first-order valence-corrected chi connectivity index (χ1v) is 7.43.